The zero-order valence-electron chi connectivity index (χ0n) is 13.9. The third kappa shape index (κ3) is 4.24. The largest absolute Gasteiger partial charge is 0.497 e. The fourth-order valence-electron chi connectivity index (χ4n) is 3.47. The summed E-state index contributed by atoms with van der Waals surface area (Å²) in [5, 5.41) is 1.18. The number of hydrogen-bond acceptors (Lipinski definition) is 3. The smallest absolute Gasteiger partial charge is 0.345 e. The molecule has 4 nitrogen and oxygen atoms in total. The minimum absolute atomic E-state index is 0.151. The summed E-state index contributed by atoms with van der Waals surface area (Å²) in [6, 6.07) is 6.02. The summed E-state index contributed by atoms with van der Waals surface area (Å²) in [6.07, 6.45) is 4.98. The molecule has 24 heavy (non-hydrogen) atoms. The highest BCUT2D eigenvalue weighted by Crippen LogP contribution is 2.25. The zero-order chi connectivity index (χ0) is 16.9. The van der Waals surface area contributed by atoms with Crippen molar-refractivity contribution in [2.45, 2.75) is 25.9 Å². The maximum absolute atomic E-state index is 12.2. The van der Waals surface area contributed by atoms with Gasteiger partial charge in [0.05, 0.1) is 13.7 Å². The third-order valence-corrected chi connectivity index (χ3v) is 4.73. The number of fused-ring (bicyclic) bond motifs is 1. The number of piperidine rings is 1. The molecule has 1 aromatic heterocycles. The van der Waals surface area contributed by atoms with Crippen LogP contribution in [-0.2, 0) is 11.2 Å². The number of alkyl halides is 2. The summed E-state index contributed by atoms with van der Waals surface area (Å²) in [4.78, 5) is 5.64. The van der Waals surface area contributed by atoms with Crippen LogP contribution in [-0.4, -0.2) is 49.8 Å². The first-order valence-electron chi connectivity index (χ1n) is 8.42. The Hall–Kier alpha value is -1.66. The molecule has 0 bridgehead atoms. The molecule has 2 aromatic rings. The minimum Gasteiger partial charge on any atom is -0.497 e. The number of benzene rings is 1. The van der Waals surface area contributed by atoms with E-state index in [9.17, 15) is 8.78 Å². The second-order valence-electron chi connectivity index (χ2n) is 6.38. The number of ether oxygens (including phenoxy) is 2. The van der Waals surface area contributed by atoms with Gasteiger partial charge in [0.1, 0.15) is 5.75 Å². The normalized spacial score (nSPS) is 19.2. The van der Waals surface area contributed by atoms with Crippen LogP contribution in [0.15, 0.2) is 24.4 Å². The molecule has 0 saturated carbocycles. The number of rotatable bonds is 7. The van der Waals surface area contributed by atoms with Gasteiger partial charge >= 0.3 is 6.61 Å². The van der Waals surface area contributed by atoms with Gasteiger partial charge in [-0.2, -0.15) is 8.78 Å². The zero-order valence-corrected chi connectivity index (χ0v) is 13.9. The molecule has 132 valence electrons. The number of hydrogen-bond donors (Lipinski definition) is 1. The highest BCUT2D eigenvalue weighted by molar-refractivity contribution is 5.84. The van der Waals surface area contributed by atoms with E-state index in [4.69, 9.17) is 4.74 Å². The summed E-state index contributed by atoms with van der Waals surface area (Å²) >= 11 is 0. The molecule has 1 aromatic carbocycles. The van der Waals surface area contributed by atoms with Gasteiger partial charge in [-0.1, -0.05) is 0 Å². The van der Waals surface area contributed by atoms with E-state index in [1.807, 2.05) is 18.3 Å². The topological polar surface area (TPSA) is 37.5 Å². The number of nitrogens with zero attached hydrogens (tertiary/aromatic N) is 1. The Kier molecular flexibility index (Phi) is 5.68. The van der Waals surface area contributed by atoms with E-state index in [-0.39, 0.29) is 12.5 Å². The number of nitrogens with one attached hydrogen (secondary N) is 1. The van der Waals surface area contributed by atoms with Crippen molar-refractivity contribution in [1.82, 2.24) is 9.88 Å². The molecule has 0 radical (unpaired) electrons. The monoisotopic (exact) mass is 338 g/mol. The van der Waals surface area contributed by atoms with Crippen LogP contribution >= 0.6 is 0 Å². The number of halogens is 2. The first-order valence-corrected chi connectivity index (χ1v) is 8.42. The third-order valence-electron chi connectivity index (χ3n) is 4.73. The van der Waals surface area contributed by atoms with Crippen molar-refractivity contribution in [2.24, 2.45) is 5.92 Å². The Bertz CT molecular complexity index is 660. The predicted octanol–water partition coefficient (Wildman–Crippen LogP) is 3.67. The summed E-state index contributed by atoms with van der Waals surface area (Å²) in [5.41, 5.74) is 2.36. The lowest BCUT2D eigenvalue weighted by Gasteiger charge is -2.32. The van der Waals surface area contributed by atoms with E-state index in [0.717, 1.165) is 50.2 Å². The average molecular weight is 338 g/mol. The maximum atomic E-state index is 12.2. The minimum atomic E-state index is -2.67. The van der Waals surface area contributed by atoms with Crippen molar-refractivity contribution < 1.29 is 18.3 Å². The molecular weight excluding hydrogens is 314 g/mol. The van der Waals surface area contributed by atoms with Crippen LogP contribution in [0.5, 0.6) is 5.75 Å². The quantitative estimate of drug-likeness (QED) is 0.837. The molecular formula is C18H24F2N2O2. The van der Waals surface area contributed by atoms with Crippen molar-refractivity contribution in [2.75, 3.05) is 33.4 Å². The molecule has 1 atom stereocenters. The van der Waals surface area contributed by atoms with E-state index in [0.29, 0.717) is 0 Å². The van der Waals surface area contributed by atoms with Crippen LogP contribution in [0, 0.1) is 5.92 Å². The van der Waals surface area contributed by atoms with Crippen molar-refractivity contribution in [3.63, 3.8) is 0 Å². The lowest BCUT2D eigenvalue weighted by Crippen LogP contribution is -2.38. The summed E-state index contributed by atoms with van der Waals surface area (Å²) in [5.74, 6) is 1.06. The van der Waals surface area contributed by atoms with E-state index in [2.05, 4.69) is 20.7 Å². The van der Waals surface area contributed by atoms with E-state index in [1.54, 1.807) is 7.11 Å². The lowest BCUT2D eigenvalue weighted by atomic mass is 9.98. The predicted molar refractivity (Wildman–Crippen MR) is 89.7 cm³/mol. The van der Waals surface area contributed by atoms with Crippen LogP contribution in [0.2, 0.25) is 0 Å². The van der Waals surface area contributed by atoms with Gasteiger partial charge in [0.2, 0.25) is 0 Å². The van der Waals surface area contributed by atoms with Crippen molar-refractivity contribution in [3.8, 4) is 5.75 Å². The van der Waals surface area contributed by atoms with Gasteiger partial charge < -0.3 is 19.4 Å². The molecule has 0 aliphatic carbocycles. The molecule has 1 saturated heterocycles. The molecule has 1 unspecified atom stereocenters. The second-order valence-corrected chi connectivity index (χ2v) is 6.38. The van der Waals surface area contributed by atoms with E-state index >= 15 is 0 Å². The van der Waals surface area contributed by atoms with E-state index < -0.39 is 6.61 Å². The van der Waals surface area contributed by atoms with E-state index in [1.165, 1.54) is 10.9 Å². The molecule has 1 aliphatic heterocycles. The summed E-state index contributed by atoms with van der Waals surface area (Å²) in [7, 11) is 1.67. The Morgan fingerprint density at radius 3 is 3.04 bits per heavy atom. The fraction of sp³-hybridized carbons (Fsp3) is 0.556. The van der Waals surface area contributed by atoms with Crippen molar-refractivity contribution >= 4 is 10.9 Å². The number of methoxy groups -OCH3 is 1. The fourth-order valence-corrected chi connectivity index (χ4v) is 3.47. The number of likely N-dealkylation sites (tertiary alicyclic amines) is 1. The number of aromatic amines is 1. The van der Waals surface area contributed by atoms with Crippen LogP contribution < -0.4 is 4.74 Å². The van der Waals surface area contributed by atoms with Gasteiger partial charge in [-0.15, -0.1) is 0 Å². The summed E-state index contributed by atoms with van der Waals surface area (Å²) in [6.45, 7) is 0.268. The second kappa shape index (κ2) is 7.94. The molecule has 2 heterocycles. The average Bonchev–Trinajstić information content (AvgIpc) is 3.00. The van der Waals surface area contributed by atoms with Gasteiger partial charge in [-0.3, -0.25) is 0 Å². The van der Waals surface area contributed by atoms with Crippen LogP contribution in [0.3, 0.4) is 0 Å². The van der Waals surface area contributed by atoms with Crippen LogP contribution in [0.1, 0.15) is 18.4 Å². The molecule has 3 rings (SSSR count). The Balaban J connectivity index is 1.57. The Labute approximate surface area is 140 Å². The number of H-pyrrole nitrogens is 1. The van der Waals surface area contributed by atoms with Gasteiger partial charge in [0.15, 0.2) is 0 Å². The van der Waals surface area contributed by atoms with Gasteiger partial charge in [0.25, 0.3) is 0 Å². The maximum Gasteiger partial charge on any atom is 0.345 e. The highest BCUT2D eigenvalue weighted by Gasteiger charge is 2.21. The van der Waals surface area contributed by atoms with Gasteiger partial charge in [-0.25, -0.2) is 0 Å². The molecule has 0 amide bonds. The summed E-state index contributed by atoms with van der Waals surface area (Å²) < 4.78 is 34.1. The molecule has 1 N–H and O–H groups in total. The van der Waals surface area contributed by atoms with Gasteiger partial charge in [-0.05, 0) is 55.5 Å². The molecule has 0 spiro atoms. The SMILES string of the molecule is COc1ccc2[nH]cc(CCN3CCCC(COC(F)F)C3)c2c1. The van der Waals surface area contributed by atoms with Crippen molar-refractivity contribution in [3.05, 3.63) is 30.0 Å². The van der Waals surface area contributed by atoms with Crippen molar-refractivity contribution in [1.29, 1.82) is 0 Å². The van der Waals surface area contributed by atoms with Gasteiger partial charge in [0, 0.05) is 30.2 Å². The molecule has 6 heteroatoms. The molecule has 1 aliphatic rings. The molecule has 1 fully saturated rings. The highest BCUT2D eigenvalue weighted by atomic mass is 19.3. The van der Waals surface area contributed by atoms with Crippen LogP contribution in [0.25, 0.3) is 10.9 Å². The number of aromatic nitrogens is 1. The first-order chi connectivity index (χ1) is 11.7. The lowest BCUT2D eigenvalue weighted by molar-refractivity contribution is -0.141. The van der Waals surface area contributed by atoms with Crippen LogP contribution in [0.4, 0.5) is 8.78 Å². The first kappa shape index (κ1) is 17.2. The standard InChI is InChI=1S/C18H24F2N2O2/c1-23-15-4-5-17-16(9-15)14(10-21-17)6-8-22-7-2-3-13(11-22)12-24-18(19)20/h4-5,9-10,13,18,21H,2-3,6-8,11-12H2,1H3. The Morgan fingerprint density at radius 2 is 2.25 bits per heavy atom. The Morgan fingerprint density at radius 1 is 1.38 bits per heavy atom.